The molecular weight excluding hydrogens is 374 g/mol. The molecule has 7 heteroatoms. The molecule has 2 unspecified atom stereocenters. The molecular formula is C21H33N3O3S. The van der Waals surface area contributed by atoms with Crippen molar-refractivity contribution in [2.45, 2.75) is 73.1 Å². The number of thioether (sulfide) groups is 1. The number of aliphatic imine (C=N–C) groups is 1. The largest absolute Gasteiger partial charge is 0.371 e. The molecule has 1 aliphatic rings. The predicted molar refractivity (Wildman–Crippen MR) is 118 cm³/mol. The van der Waals surface area contributed by atoms with Gasteiger partial charge in [-0.1, -0.05) is 25.6 Å². The Balaban J connectivity index is 2.36. The Labute approximate surface area is 172 Å². The Morgan fingerprint density at radius 3 is 2.46 bits per heavy atom. The van der Waals surface area contributed by atoms with Crippen molar-refractivity contribution < 1.29 is 9.66 Å². The highest BCUT2D eigenvalue weighted by Gasteiger charge is 2.36. The summed E-state index contributed by atoms with van der Waals surface area (Å²) in [7, 11) is 0. The van der Waals surface area contributed by atoms with Crippen molar-refractivity contribution in [2.24, 2.45) is 10.9 Å². The Morgan fingerprint density at radius 1 is 1.29 bits per heavy atom. The summed E-state index contributed by atoms with van der Waals surface area (Å²) in [5.74, 6) is 1.42. The van der Waals surface area contributed by atoms with Gasteiger partial charge in [-0.05, 0) is 59.1 Å². The first-order chi connectivity index (χ1) is 12.9. The molecule has 0 bridgehead atoms. The first kappa shape index (κ1) is 22.7. The van der Waals surface area contributed by atoms with Gasteiger partial charge in [-0.3, -0.25) is 10.1 Å². The Hall–Kier alpha value is -1.60. The van der Waals surface area contributed by atoms with E-state index in [-0.39, 0.29) is 28.4 Å². The quantitative estimate of drug-likeness (QED) is 0.461. The number of rotatable bonds is 6. The fraction of sp³-hybridized carbons (Fsp3) is 0.667. The topological polar surface area (TPSA) is 68.0 Å². The van der Waals surface area contributed by atoms with Crippen LogP contribution in [0.15, 0.2) is 17.1 Å². The fourth-order valence-electron chi connectivity index (χ4n) is 3.42. The van der Waals surface area contributed by atoms with E-state index in [0.29, 0.717) is 11.5 Å². The van der Waals surface area contributed by atoms with Crippen LogP contribution in [0.25, 0.3) is 0 Å². The highest BCUT2D eigenvalue weighted by Crippen LogP contribution is 2.34. The van der Waals surface area contributed by atoms with E-state index in [4.69, 9.17) is 9.73 Å². The van der Waals surface area contributed by atoms with Gasteiger partial charge in [-0.15, -0.1) is 0 Å². The third-order valence-corrected chi connectivity index (χ3v) is 5.91. The lowest BCUT2D eigenvalue weighted by molar-refractivity contribution is -0.385. The van der Waals surface area contributed by atoms with Crippen LogP contribution >= 0.6 is 11.8 Å². The molecule has 1 aromatic carbocycles. The average molecular weight is 408 g/mol. The number of hydrogen-bond acceptors (Lipinski definition) is 5. The van der Waals surface area contributed by atoms with Crippen molar-refractivity contribution in [3.63, 3.8) is 0 Å². The molecule has 1 heterocycles. The molecule has 1 aromatic rings. The van der Waals surface area contributed by atoms with Gasteiger partial charge in [-0.25, -0.2) is 4.99 Å². The van der Waals surface area contributed by atoms with Gasteiger partial charge in [-0.2, -0.15) is 0 Å². The van der Waals surface area contributed by atoms with E-state index in [0.717, 1.165) is 28.7 Å². The zero-order valence-corrected chi connectivity index (χ0v) is 19.1. The third-order valence-electron chi connectivity index (χ3n) is 4.82. The molecule has 0 aromatic heterocycles. The second-order valence-electron chi connectivity index (χ2n) is 8.87. The van der Waals surface area contributed by atoms with Gasteiger partial charge in [0.25, 0.3) is 5.69 Å². The minimum atomic E-state index is -0.337. The molecule has 0 radical (unpaired) electrons. The summed E-state index contributed by atoms with van der Waals surface area (Å²) in [4.78, 5) is 18.1. The van der Waals surface area contributed by atoms with E-state index < -0.39 is 0 Å². The Bertz CT molecular complexity index is 756. The van der Waals surface area contributed by atoms with Crippen LogP contribution in [0.2, 0.25) is 0 Å². The maximum atomic E-state index is 11.2. The summed E-state index contributed by atoms with van der Waals surface area (Å²) >= 11 is 1.74. The van der Waals surface area contributed by atoms with Gasteiger partial charge < -0.3 is 9.64 Å². The normalized spacial score (nSPS) is 20.2. The number of nitro benzene ring substituents is 1. The maximum absolute atomic E-state index is 11.2. The standard InChI is InChI=1S/C21H33N3O3S/c1-13(2)11-23-19(16(5)27-21(6,7)8)12-28-20(23)22-17-9-10-18(24(25)26)15(4)14(17)3/h9-10,13,16,19H,11-12H2,1-8H3. The average Bonchev–Trinajstić information content (AvgIpc) is 2.92. The Kier molecular flexibility index (Phi) is 7.15. The first-order valence-corrected chi connectivity index (χ1v) is 10.8. The van der Waals surface area contributed by atoms with Gasteiger partial charge in [0.1, 0.15) is 0 Å². The van der Waals surface area contributed by atoms with Crippen molar-refractivity contribution in [3.8, 4) is 0 Å². The zero-order valence-electron chi connectivity index (χ0n) is 18.3. The van der Waals surface area contributed by atoms with E-state index >= 15 is 0 Å². The minimum absolute atomic E-state index is 0.0821. The second kappa shape index (κ2) is 8.82. The zero-order chi connectivity index (χ0) is 21.2. The van der Waals surface area contributed by atoms with Gasteiger partial charge in [0, 0.05) is 23.9 Å². The van der Waals surface area contributed by atoms with E-state index in [1.165, 1.54) is 0 Å². The van der Waals surface area contributed by atoms with Crippen LogP contribution in [0.4, 0.5) is 11.4 Å². The van der Waals surface area contributed by atoms with E-state index in [9.17, 15) is 10.1 Å². The smallest absolute Gasteiger partial charge is 0.272 e. The number of hydrogen-bond donors (Lipinski definition) is 0. The summed E-state index contributed by atoms with van der Waals surface area (Å²) in [5, 5.41) is 12.2. The summed E-state index contributed by atoms with van der Waals surface area (Å²) < 4.78 is 6.23. The molecule has 0 aliphatic carbocycles. The van der Waals surface area contributed by atoms with Crippen molar-refractivity contribution in [2.75, 3.05) is 12.3 Å². The SMILES string of the molecule is Cc1c(N=C2SCC(C(C)OC(C)(C)C)N2CC(C)C)ccc([N+](=O)[O-])c1C. The molecule has 0 spiro atoms. The molecule has 1 saturated heterocycles. The number of benzene rings is 1. The van der Waals surface area contributed by atoms with Crippen LogP contribution in [0.3, 0.4) is 0 Å². The predicted octanol–water partition coefficient (Wildman–Crippen LogP) is 5.48. The molecule has 1 aliphatic heterocycles. The maximum Gasteiger partial charge on any atom is 0.272 e. The van der Waals surface area contributed by atoms with Crippen LogP contribution in [0.5, 0.6) is 0 Å². The summed E-state index contributed by atoms with van der Waals surface area (Å²) in [6.07, 6.45) is 0.0821. The van der Waals surface area contributed by atoms with Gasteiger partial charge in [0.15, 0.2) is 5.17 Å². The van der Waals surface area contributed by atoms with Crippen molar-refractivity contribution in [3.05, 3.63) is 33.4 Å². The third kappa shape index (κ3) is 5.47. The van der Waals surface area contributed by atoms with E-state index in [1.54, 1.807) is 30.8 Å². The number of nitro groups is 1. The minimum Gasteiger partial charge on any atom is -0.371 e. The molecule has 0 N–H and O–H groups in total. The lowest BCUT2D eigenvalue weighted by Crippen LogP contribution is -2.46. The lowest BCUT2D eigenvalue weighted by Gasteiger charge is -2.35. The van der Waals surface area contributed by atoms with Crippen LogP contribution < -0.4 is 0 Å². The number of nitrogens with zero attached hydrogens (tertiary/aromatic N) is 3. The number of amidine groups is 1. The molecule has 6 nitrogen and oxygen atoms in total. The summed E-state index contributed by atoms with van der Waals surface area (Å²) in [5.41, 5.74) is 2.27. The van der Waals surface area contributed by atoms with Crippen molar-refractivity contribution in [1.82, 2.24) is 4.90 Å². The van der Waals surface area contributed by atoms with Crippen LogP contribution in [-0.2, 0) is 4.74 Å². The molecule has 1 fully saturated rings. The first-order valence-electron chi connectivity index (χ1n) is 9.81. The summed E-state index contributed by atoms with van der Waals surface area (Å²) in [6.45, 7) is 17.4. The van der Waals surface area contributed by atoms with Gasteiger partial charge in [0.2, 0.25) is 0 Å². The van der Waals surface area contributed by atoms with E-state index in [2.05, 4.69) is 46.4 Å². The fourth-order valence-corrected chi connectivity index (χ4v) is 4.73. The molecule has 0 saturated carbocycles. The monoisotopic (exact) mass is 407 g/mol. The highest BCUT2D eigenvalue weighted by molar-refractivity contribution is 8.14. The van der Waals surface area contributed by atoms with Crippen molar-refractivity contribution >= 4 is 28.3 Å². The number of ether oxygens (including phenoxy) is 1. The lowest BCUT2D eigenvalue weighted by atomic mass is 10.1. The van der Waals surface area contributed by atoms with Crippen LogP contribution in [0, 0.1) is 29.9 Å². The molecule has 2 rings (SSSR count). The molecule has 2 atom stereocenters. The molecule has 28 heavy (non-hydrogen) atoms. The van der Waals surface area contributed by atoms with E-state index in [1.807, 2.05) is 6.92 Å². The molecule has 156 valence electrons. The van der Waals surface area contributed by atoms with Gasteiger partial charge >= 0.3 is 0 Å². The Morgan fingerprint density at radius 2 is 1.93 bits per heavy atom. The van der Waals surface area contributed by atoms with Crippen LogP contribution in [-0.4, -0.2) is 45.0 Å². The highest BCUT2D eigenvalue weighted by atomic mass is 32.2. The molecule has 0 amide bonds. The van der Waals surface area contributed by atoms with Gasteiger partial charge in [0.05, 0.1) is 28.4 Å². The van der Waals surface area contributed by atoms with Crippen LogP contribution in [0.1, 0.15) is 52.7 Å². The summed E-state index contributed by atoms with van der Waals surface area (Å²) in [6, 6.07) is 3.56. The van der Waals surface area contributed by atoms with Crippen molar-refractivity contribution in [1.29, 1.82) is 0 Å². The second-order valence-corrected chi connectivity index (χ2v) is 9.85.